The molecule has 0 aliphatic carbocycles. The Balaban J connectivity index is 1.92. The van der Waals surface area contributed by atoms with E-state index >= 15 is 0 Å². The number of rotatable bonds is 10. The lowest BCUT2D eigenvalue weighted by Crippen LogP contribution is -1.98. The van der Waals surface area contributed by atoms with Crippen molar-refractivity contribution in [1.29, 1.82) is 0 Å². The van der Waals surface area contributed by atoms with Crippen LogP contribution in [0.25, 0.3) is 0 Å². The molecular formula is C14H23NOS. The monoisotopic (exact) mass is 253 g/mol. The molecule has 0 fully saturated rings. The number of hydrogen-bond acceptors (Lipinski definition) is 3. The average Bonchev–Trinajstić information content (AvgIpc) is 2.86. The number of unbranched alkanes of at least 4 members (excludes halogenated alkanes) is 7. The van der Waals surface area contributed by atoms with E-state index in [2.05, 4.69) is 11.9 Å². The summed E-state index contributed by atoms with van der Waals surface area (Å²) in [4.78, 5) is 15.7. The maximum absolute atomic E-state index is 11.6. The molecule has 0 bridgehead atoms. The number of carbonyl (C=O) groups is 1. The van der Waals surface area contributed by atoms with E-state index < -0.39 is 0 Å². The van der Waals surface area contributed by atoms with Crippen molar-refractivity contribution in [2.75, 3.05) is 0 Å². The lowest BCUT2D eigenvalue weighted by atomic mass is 10.1. The van der Waals surface area contributed by atoms with Gasteiger partial charge in [0.1, 0.15) is 5.69 Å². The molecule has 1 heterocycles. The first-order chi connectivity index (χ1) is 8.34. The standard InChI is InChI=1S/C14H23NOS/c1-2-3-4-5-6-7-8-9-10-14(16)13-11-17-12-15-13/h11-12H,2-10H2,1H3. The molecule has 1 aromatic rings. The second kappa shape index (κ2) is 9.34. The fourth-order valence-corrected chi connectivity index (χ4v) is 2.45. The van der Waals surface area contributed by atoms with Crippen molar-refractivity contribution >= 4 is 17.1 Å². The van der Waals surface area contributed by atoms with Gasteiger partial charge in [-0.05, 0) is 6.42 Å². The molecule has 17 heavy (non-hydrogen) atoms. The predicted octanol–water partition coefficient (Wildman–Crippen LogP) is 4.86. The second-order valence-electron chi connectivity index (χ2n) is 4.52. The molecule has 0 aliphatic heterocycles. The minimum atomic E-state index is 0.206. The van der Waals surface area contributed by atoms with Gasteiger partial charge in [-0.3, -0.25) is 4.79 Å². The molecule has 1 rings (SSSR count). The Morgan fingerprint density at radius 3 is 2.35 bits per heavy atom. The molecule has 0 aromatic carbocycles. The quantitative estimate of drug-likeness (QED) is 0.440. The summed E-state index contributed by atoms with van der Waals surface area (Å²) in [5.74, 6) is 0.206. The van der Waals surface area contributed by atoms with Crippen LogP contribution < -0.4 is 0 Å². The van der Waals surface area contributed by atoms with E-state index in [4.69, 9.17) is 0 Å². The van der Waals surface area contributed by atoms with E-state index in [1.165, 1.54) is 56.3 Å². The first kappa shape index (κ1) is 14.4. The third-order valence-electron chi connectivity index (χ3n) is 2.98. The molecule has 0 saturated carbocycles. The van der Waals surface area contributed by atoms with Crippen LogP contribution >= 0.6 is 11.3 Å². The molecule has 0 radical (unpaired) electrons. The van der Waals surface area contributed by atoms with Crippen molar-refractivity contribution in [3.63, 3.8) is 0 Å². The van der Waals surface area contributed by atoms with Crippen LogP contribution in [-0.2, 0) is 0 Å². The first-order valence-corrected chi connectivity index (χ1v) is 7.70. The Hall–Kier alpha value is -0.700. The number of ketones is 1. The first-order valence-electron chi connectivity index (χ1n) is 6.76. The molecule has 2 nitrogen and oxygen atoms in total. The van der Waals surface area contributed by atoms with E-state index in [0.717, 1.165) is 6.42 Å². The highest BCUT2D eigenvalue weighted by Crippen LogP contribution is 2.12. The van der Waals surface area contributed by atoms with Gasteiger partial charge >= 0.3 is 0 Å². The number of hydrogen-bond donors (Lipinski definition) is 0. The molecule has 3 heteroatoms. The van der Waals surface area contributed by atoms with Crippen LogP contribution in [0.3, 0.4) is 0 Å². The third kappa shape index (κ3) is 6.57. The highest BCUT2D eigenvalue weighted by Gasteiger charge is 2.06. The zero-order valence-corrected chi connectivity index (χ0v) is 11.6. The summed E-state index contributed by atoms with van der Waals surface area (Å²) in [5.41, 5.74) is 2.37. The van der Waals surface area contributed by atoms with Crippen molar-refractivity contribution in [3.05, 3.63) is 16.6 Å². The highest BCUT2D eigenvalue weighted by atomic mass is 32.1. The molecule has 0 aliphatic rings. The number of nitrogens with zero attached hydrogens (tertiary/aromatic N) is 1. The molecule has 0 unspecified atom stereocenters. The molecule has 0 N–H and O–H groups in total. The van der Waals surface area contributed by atoms with Gasteiger partial charge in [0.25, 0.3) is 0 Å². The van der Waals surface area contributed by atoms with Crippen LogP contribution in [0, 0.1) is 0 Å². The highest BCUT2D eigenvalue weighted by molar-refractivity contribution is 7.07. The molecular weight excluding hydrogens is 230 g/mol. The average molecular weight is 253 g/mol. The van der Waals surface area contributed by atoms with Crippen molar-refractivity contribution in [1.82, 2.24) is 4.98 Å². The SMILES string of the molecule is CCCCCCCCCCC(=O)c1cscn1. The van der Waals surface area contributed by atoms with Crippen molar-refractivity contribution in [2.24, 2.45) is 0 Å². The van der Waals surface area contributed by atoms with Gasteiger partial charge in [0.05, 0.1) is 5.51 Å². The normalized spacial score (nSPS) is 10.6. The maximum Gasteiger partial charge on any atom is 0.182 e. The third-order valence-corrected chi connectivity index (χ3v) is 3.56. The number of thiazole rings is 1. The van der Waals surface area contributed by atoms with E-state index in [0.29, 0.717) is 12.1 Å². The molecule has 0 saturated heterocycles. The summed E-state index contributed by atoms with van der Waals surface area (Å²) in [6, 6.07) is 0. The van der Waals surface area contributed by atoms with E-state index in [1.54, 1.807) is 5.51 Å². The number of Topliss-reactive ketones (excluding diaryl/α,β-unsaturated/α-hetero) is 1. The summed E-state index contributed by atoms with van der Waals surface area (Å²) in [6.07, 6.45) is 10.9. The minimum absolute atomic E-state index is 0.206. The van der Waals surface area contributed by atoms with Gasteiger partial charge in [-0.15, -0.1) is 11.3 Å². The van der Waals surface area contributed by atoms with Crippen LogP contribution in [0.5, 0.6) is 0 Å². The van der Waals surface area contributed by atoms with Gasteiger partial charge in [0, 0.05) is 11.8 Å². The lowest BCUT2D eigenvalue weighted by Gasteiger charge is -2.00. The zero-order valence-electron chi connectivity index (χ0n) is 10.8. The Bertz CT molecular complexity index is 295. The van der Waals surface area contributed by atoms with Crippen LogP contribution in [-0.4, -0.2) is 10.8 Å². The van der Waals surface area contributed by atoms with Crippen LogP contribution in [0.4, 0.5) is 0 Å². The Morgan fingerprint density at radius 2 is 1.76 bits per heavy atom. The predicted molar refractivity (Wildman–Crippen MR) is 73.7 cm³/mol. The van der Waals surface area contributed by atoms with Crippen molar-refractivity contribution in [2.45, 2.75) is 64.7 Å². The van der Waals surface area contributed by atoms with Crippen LogP contribution in [0.15, 0.2) is 10.9 Å². The van der Waals surface area contributed by atoms with Crippen LogP contribution in [0.1, 0.15) is 75.2 Å². The van der Waals surface area contributed by atoms with Gasteiger partial charge < -0.3 is 0 Å². The fourth-order valence-electron chi connectivity index (χ4n) is 1.90. The van der Waals surface area contributed by atoms with Crippen molar-refractivity contribution < 1.29 is 4.79 Å². The van der Waals surface area contributed by atoms with Gasteiger partial charge in [0.15, 0.2) is 5.78 Å². The van der Waals surface area contributed by atoms with Gasteiger partial charge in [-0.2, -0.15) is 0 Å². The van der Waals surface area contributed by atoms with Crippen LogP contribution in [0.2, 0.25) is 0 Å². The minimum Gasteiger partial charge on any atom is -0.292 e. The topological polar surface area (TPSA) is 30.0 Å². The lowest BCUT2D eigenvalue weighted by molar-refractivity contribution is 0.0975. The Labute approximate surface area is 108 Å². The molecule has 1 aromatic heterocycles. The Morgan fingerprint density at radius 1 is 1.12 bits per heavy atom. The fraction of sp³-hybridized carbons (Fsp3) is 0.714. The van der Waals surface area contributed by atoms with Gasteiger partial charge in [-0.25, -0.2) is 4.98 Å². The maximum atomic E-state index is 11.6. The van der Waals surface area contributed by atoms with E-state index in [9.17, 15) is 4.79 Å². The summed E-state index contributed by atoms with van der Waals surface area (Å²) in [7, 11) is 0. The number of carbonyl (C=O) groups excluding carboxylic acids is 1. The van der Waals surface area contributed by atoms with E-state index in [-0.39, 0.29) is 5.78 Å². The largest absolute Gasteiger partial charge is 0.292 e. The number of aromatic nitrogens is 1. The van der Waals surface area contributed by atoms with Crippen molar-refractivity contribution in [3.8, 4) is 0 Å². The summed E-state index contributed by atoms with van der Waals surface area (Å²) in [6.45, 7) is 2.24. The smallest absolute Gasteiger partial charge is 0.182 e. The Kier molecular flexibility index (Phi) is 7.89. The summed E-state index contributed by atoms with van der Waals surface area (Å²) >= 11 is 1.49. The summed E-state index contributed by atoms with van der Waals surface area (Å²) in [5, 5.41) is 1.84. The zero-order chi connectivity index (χ0) is 12.3. The molecule has 96 valence electrons. The van der Waals surface area contributed by atoms with E-state index in [1.807, 2.05) is 5.38 Å². The molecule has 0 amide bonds. The second-order valence-corrected chi connectivity index (χ2v) is 5.24. The molecule has 0 atom stereocenters. The summed E-state index contributed by atoms with van der Waals surface area (Å²) < 4.78 is 0. The molecule has 0 spiro atoms. The van der Waals surface area contributed by atoms with Gasteiger partial charge in [0.2, 0.25) is 0 Å². The van der Waals surface area contributed by atoms with Gasteiger partial charge in [-0.1, -0.05) is 51.9 Å².